The summed E-state index contributed by atoms with van der Waals surface area (Å²) in [5.74, 6) is 1.89. The minimum atomic E-state index is -1.11. The Labute approximate surface area is 174 Å². The van der Waals surface area contributed by atoms with Crippen molar-refractivity contribution in [1.82, 2.24) is 9.97 Å². The molecule has 4 aliphatic carbocycles. The van der Waals surface area contributed by atoms with Crippen molar-refractivity contribution >= 4 is 17.8 Å². The van der Waals surface area contributed by atoms with E-state index in [2.05, 4.69) is 15.3 Å². The van der Waals surface area contributed by atoms with Gasteiger partial charge in [0, 0.05) is 23.5 Å². The zero-order valence-electron chi connectivity index (χ0n) is 16.9. The normalized spacial score (nSPS) is 28.9. The number of benzene rings is 1. The SMILES string of the molecule is COc1ccc(C(=O)Nc2ncc(C(=O)O)cn2)cc1C12CC3CC(CC(C3)C1)C2. The van der Waals surface area contributed by atoms with Crippen LogP contribution in [0.3, 0.4) is 0 Å². The molecule has 2 N–H and O–H groups in total. The predicted molar refractivity (Wildman–Crippen MR) is 110 cm³/mol. The second-order valence-corrected chi connectivity index (χ2v) is 9.17. The van der Waals surface area contributed by atoms with Gasteiger partial charge in [-0.2, -0.15) is 0 Å². The van der Waals surface area contributed by atoms with Crippen molar-refractivity contribution < 1.29 is 19.4 Å². The number of hydrogen-bond donors (Lipinski definition) is 2. The monoisotopic (exact) mass is 407 g/mol. The lowest BCUT2D eigenvalue weighted by atomic mass is 9.48. The van der Waals surface area contributed by atoms with Crippen molar-refractivity contribution in [2.24, 2.45) is 17.8 Å². The number of amides is 1. The van der Waals surface area contributed by atoms with E-state index in [1.165, 1.54) is 50.9 Å². The van der Waals surface area contributed by atoms with Crippen LogP contribution in [0.25, 0.3) is 0 Å². The Morgan fingerprint density at radius 3 is 2.17 bits per heavy atom. The fourth-order valence-corrected chi connectivity index (χ4v) is 6.38. The Morgan fingerprint density at radius 1 is 1.03 bits per heavy atom. The molecule has 0 spiro atoms. The average molecular weight is 407 g/mol. The molecule has 7 nitrogen and oxygen atoms in total. The molecule has 4 bridgehead atoms. The summed E-state index contributed by atoms with van der Waals surface area (Å²) in [4.78, 5) is 31.7. The van der Waals surface area contributed by atoms with E-state index in [0.717, 1.165) is 29.1 Å². The van der Waals surface area contributed by atoms with Gasteiger partial charge in [0.15, 0.2) is 0 Å². The predicted octanol–water partition coefficient (Wildman–Crippen LogP) is 3.90. The first kappa shape index (κ1) is 19.0. The highest BCUT2D eigenvalue weighted by molar-refractivity contribution is 6.03. The summed E-state index contributed by atoms with van der Waals surface area (Å²) in [7, 11) is 1.69. The number of aromatic carboxylic acids is 1. The number of ether oxygens (including phenoxy) is 1. The Morgan fingerprint density at radius 2 is 1.63 bits per heavy atom. The van der Waals surface area contributed by atoms with E-state index in [1.54, 1.807) is 13.2 Å². The summed E-state index contributed by atoms with van der Waals surface area (Å²) < 4.78 is 5.71. The van der Waals surface area contributed by atoms with Gasteiger partial charge in [-0.3, -0.25) is 10.1 Å². The largest absolute Gasteiger partial charge is 0.496 e. The first-order chi connectivity index (χ1) is 14.5. The van der Waals surface area contributed by atoms with Gasteiger partial charge in [0.1, 0.15) is 5.75 Å². The van der Waals surface area contributed by atoms with Crippen LogP contribution >= 0.6 is 0 Å². The third kappa shape index (κ3) is 3.22. The van der Waals surface area contributed by atoms with Gasteiger partial charge in [-0.1, -0.05) is 0 Å². The number of carboxylic acids is 1. The second kappa shape index (κ2) is 7.07. The third-order valence-electron chi connectivity index (χ3n) is 7.20. The minimum Gasteiger partial charge on any atom is -0.496 e. The van der Waals surface area contributed by atoms with E-state index < -0.39 is 5.97 Å². The number of anilines is 1. The quantitative estimate of drug-likeness (QED) is 0.779. The lowest BCUT2D eigenvalue weighted by Crippen LogP contribution is -2.48. The van der Waals surface area contributed by atoms with Gasteiger partial charge < -0.3 is 9.84 Å². The number of methoxy groups -OCH3 is 1. The van der Waals surface area contributed by atoms with Crippen LogP contribution in [-0.2, 0) is 5.41 Å². The van der Waals surface area contributed by atoms with Crippen LogP contribution < -0.4 is 10.1 Å². The molecule has 0 aliphatic heterocycles. The molecule has 2 aromatic rings. The maximum Gasteiger partial charge on any atom is 0.338 e. The average Bonchev–Trinajstić information content (AvgIpc) is 2.72. The van der Waals surface area contributed by atoms with E-state index in [-0.39, 0.29) is 22.8 Å². The standard InChI is InChI=1S/C23H25N3O4/c1-30-19-3-2-16(20(27)26-22-24-11-17(12-25-22)21(28)29)7-18(19)23-8-13-4-14(9-23)6-15(5-13)10-23/h2-3,7,11-15H,4-6,8-10H2,1H3,(H,28,29)(H,24,25,26,27). The lowest BCUT2D eigenvalue weighted by molar-refractivity contribution is -0.00617. The maximum absolute atomic E-state index is 12.9. The van der Waals surface area contributed by atoms with Crippen molar-refractivity contribution in [1.29, 1.82) is 0 Å². The highest BCUT2D eigenvalue weighted by atomic mass is 16.5. The Kier molecular flexibility index (Phi) is 4.49. The van der Waals surface area contributed by atoms with Gasteiger partial charge in [0.25, 0.3) is 5.91 Å². The molecule has 1 heterocycles. The molecular weight excluding hydrogens is 382 g/mol. The zero-order valence-corrected chi connectivity index (χ0v) is 16.9. The van der Waals surface area contributed by atoms with Gasteiger partial charge >= 0.3 is 5.97 Å². The molecule has 4 fully saturated rings. The number of aromatic nitrogens is 2. The minimum absolute atomic E-state index is 0.0263. The molecule has 0 atom stereocenters. The fourth-order valence-electron chi connectivity index (χ4n) is 6.38. The second-order valence-electron chi connectivity index (χ2n) is 9.17. The lowest BCUT2D eigenvalue weighted by Gasteiger charge is -2.57. The van der Waals surface area contributed by atoms with Crippen LogP contribution in [-0.4, -0.2) is 34.1 Å². The van der Waals surface area contributed by atoms with Crippen LogP contribution in [0.4, 0.5) is 5.95 Å². The molecule has 0 saturated heterocycles. The van der Waals surface area contributed by atoms with Crippen LogP contribution in [0.5, 0.6) is 5.75 Å². The number of carbonyl (C=O) groups is 2. The molecule has 0 radical (unpaired) electrons. The maximum atomic E-state index is 12.9. The summed E-state index contributed by atoms with van der Waals surface area (Å²) in [6.45, 7) is 0. The molecule has 30 heavy (non-hydrogen) atoms. The molecule has 7 heteroatoms. The highest BCUT2D eigenvalue weighted by Gasteiger charge is 2.52. The van der Waals surface area contributed by atoms with Crippen LogP contribution in [0.15, 0.2) is 30.6 Å². The molecular formula is C23H25N3O4. The van der Waals surface area contributed by atoms with Gasteiger partial charge in [-0.15, -0.1) is 0 Å². The number of nitrogens with one attached hydrogen (secondary N) is 1. The highest BCUT2D eigenvalue weighted by Crippen LogP contribution is 2.61. The third-order valence-corrected chi connectivity index (χ3v) is 7.20. The number of nitrogens with zero attached hydrogens (tertiary/aromatic N) is 2. The molecule has 0 unspecified atom stereocenters. The van der Waals surface area contributed by atoms with Gasteiger partial charge in [0.2, 0.25) is 5.95 Å². The van der Waals surface area contributed by atoms with Crippen LogP contribution in [0, 0.1) is 17.8 Å². The molecule has 1 amide bonds. The summed E-state index contributed by atoms with van der Waals surface area (Å²) >= 11 is 0. The van der Waals surface area contributed by atoms with E-state index in [1.807, 2.05) is 12.1 Å². The Hall–Kier alpha value is -2.96. The van der Waals surface area contributed by atoms with Gasteiger partial charge in [-0.25, -0.2) is 14.8 Å². The number of carbonyl (C=O) groups excluding carboxylic acids is 1. The molecule has 4 saturated carbocycles. The number of hydrogen-bond acceptors (Lipinski definition) is 5. The topological polar surface area (TPSA) is 101 Å². The number of carboxylic acid groups (broad SMARTS) is 1. The van der Waals surface area contributed by atoms with Crippen molar-refractivity contribution in [2.45, 2.75) is 43.9 Å². The molecule has 1 aromatic carbocycles. The summed E-state index contributed by atoms with van der Waals surface area (Å²) in [6, 6.07) is 5.62. The van der Waals surface area contributed by atoms with Crippen LogP contribution in [0.1, 0.15) is 64.8 Å². The number of rotatable bonds is 5. The molecule has 156 valence electrons. The molecule has 6 rings (SSSR count). The van der Waals surface area contributed by atoms with E-state index in [0.29, 0.717) is 5.56 Å². The first-order valence-corrected chi connectivity index (χ1v) is 10.5. The van der Waals surface area contributed by atoms with Crippen molar-refractivity contribution in [3.63, 3.8) is 0 Å². The van der Waals surface area contributed by atoms with Gasteiger partial charge in [0.05, 0.1) is 12.7 Å². The van der Waals surface area contributed by atoms with Crippen molar-refractivity contribution in [3.05, 3.63) is 47.3 Å². The summed E-state index contributed by atoms with van der Waals surface area (Å²) in [5, 5.41) is 11.6. The first-order valence-electron chi connectivity index (χ1n) is 10.5. The van der Waals surface area contributed by atoms with E-state index in [4.69, 9.17) is 9.84 Å². The summed E-state index contributed by atoms with van der Waals surface area (Å²) in [6.07, 6.45) is 9.96. The van der Waals surface area contributed by atoms with Crippen molar-refractivity contribution in [3.8, 4) is 5.75 Å². The van der Waals surface area contributed by atoms with Crippen molar-refractivity contribution in [2.75, 3.05) is 12.4 Å². The van der Waals surface area contributed by atoms with Crippen LogP contribution in [0.2, 0.25) is 0 Å². The van der Waals surface area contributed by atoms with E-state index in [9.17, 15) is 9.59 Å². The van der Waals surface area contributed by atoms with Gasteiger partial charge in [-0.05, 0) is 79.9 Å². The molecule has 1 aromatic heterocycles. The Balaban J connectivity index is 1.43. The zero-order chi connectivity index (χ0) is 20.9. The van der Waals surface area contributed by atoms with E-state index >= 15 is 0 Å². The molecule has 4 aliphatic rings. The summed E-state index contributed by atoms with van der Waals surface area (Å²) in [5.41, 5.74) is 1.77. The smallest absolute Gasteiger partial charge is 0.338 e. The Bertz CT molecular complexity index is 967. The fraction of sp³-hybridized carbons (Fsp3) is 0.478.